The first-order valence-corrected chi connectivity index (χ1v) is 5.80. The van der Waals surface area contributed by atoms with Gasteiger partial charge in [0.25, 0.3) is 0 Å². The van der Waals surface area contributed by atoms with Crippen molar-refractivity contribution >= 4 is 17.4 Å². The average molecular weight is 247 g/mol. The summed E-state index contributed by atoms with van der Waals surface area (Å²) in [5.41, 5.74) is 7.01. The fourth-order valence-corrected chi connectivity index (χ4v) is 1.52. The van der Waals surface area contributed by atoms with Crippen LogP contribution in [0.5, 0.6) is 0 Å². The van der Waals surface area contributed by atoms with Crippen molar-refractivity contribution in [3.63, 3.8) is 0 Å². The van der Waals surface area contributed by atoms with Gasteiger partial charge < -0.3 is 10.5 Å². The van der Waals surface area contributed by atoms with E-state index in [2.05, 4.69) is 0 Å². The fourth-order valence-electron chi connectivity index (χ4n) is 1.52. The lowest BCUT2D eigenvalue weighted by Gasteiger charge is -2.07. The van der Waals surface area contributed by atoms with Gasteiger partial charge in [-0.2, -0.15) is 0 Å². The zero-order chi connectivity index (χ0) is 13.5. The number of hydrogen-bond donors (Lipinski definition) is 1. The van der Waals surface area contributed by atoms with Gasteiger partial charge in [-0.25, -0.2) is 4.79 Å². The summed E-state index contributed by atoms with van der Waals surface area (Å²) >= 11 is 0. The fraction of sp³-hybridized carbons (Fsp3) is 0.286. The SMILES string of the molecule is CCCOC(=O)/C=C(\C(N)=O)c1ccccc1C. The highest BCUT2D eigenvalue weighted by atomic mass is 16.5. The van der Waals surface area contributed by atoms with Crippen molar-refractivity contribution < 1.29 is 14.3 Å². The molecule has 4 heteroatoms. The molecule has 0 aliphatic carbocycles. The molecule has 1 rings (SSSR count). The molecule has 96 valence electrons. The maximum atomic E-state index is 11.5. The van der Waals surface area contributed by atoms with Crippen molar-refractivity contribution in [3.05, 3.63) is 41.5 Å². The molecule has 0 heterocycles. The van der Waals surface area contributed by atoms with Crippen molar-refractivity contribution in [2.75, 3.05) is 6.61 Å². The maximum absolute atomic E-state index is 11.5. The smallest absolute Gasteiger partial charge is 0.331 e. The molecular weight excluding hydrogens is 230 g/mol. The van der Waals surface area contributed by atoms with Crippen LogP contribution in [-0.4, -0.2) is 18.5 Å². The lowest BCUT2D eigenvalue weighted by atomic mass is 10.00. The number of carbonyl (C=O) groups excluding carboxylic acids is 2. The number of esters is 1. The second kappa shape index (κ2) is 6.59. The summed E-state index contributed by atoms with van der Waals surface area (Å²) in [5.74, 6) is -1.19. The minimum atomic E-state index is -0.641. The number of benzene rings is 1. The van der Waals surface area contributed by atoms with E-state index in [0.29, 0.717) is 12.2 Å². The Morgan fingerprint density at radius 1 is 1.33 bits per heavy atom. The molecule has 1 aromatic rings. The monoisotopic (exact) mass is 247 g/mol. The second-order valence-electron chi connectivity index (χ2n) is 3.90. The highest BCUT2D eigenvalue weighted by Gasteiger charge is 2.13. The normalized spacial score (nSPS) is 11.1. The van der Waals surface area contributed by atoms with E-state index in [0.717, 1.165) is 18.1 Å². The molecule has 2 N–H and O–H groups in total. The van der Waals surface area contributed by atoms with E-state index < -0.39 is 11.9 Å². The zero-order valence-corrected chi connectivity index (χ0v) is 10.6. The van der Waals surface area contributed by atoms with Crippen molar-refractivity contribution in [1.82, 2.24) is 0 Å². The van der Waals surface area contributed by atoms with Crippen LogP contribution in [0.4, 0.5) is 0 Å². The number of primary amides is 1. The molecule has 0 aromatic heterocycles. The Bertz CT molecular complexity index is 478. The van der Waals surface area contributed by atoms with E-state index >= 15 is 0 Å². The maximum Gasteiger partial charge on any atom is 0.331 e. The Morgan fingerprint density at radius 2 is 2.00 bits per heavy atom. The summed E-state index contributed by atoms with van der Waals surface area (Å²) in [7, 11) is 0. The third-order valence-corrected chi connectivity index (χ3v) is 2.41. The molecule has 0 fully saturated rings. The van der Waals surface area contributed by atoms with Gasteiger partial charge in [-0.1, -0.05) is 31.2 Å². The Hall–Kier alpha value is -2.10. The summed E-state index contributed by atoms with van der Waals surface area (Å²) < 4.78 is 4.91. The largest absolute Gasteiger partial charge is 0.463 e. The quantitative estimate of drug-likeness (QED) is 0.637. The number of carbonyl (C=O) groups is 2. The molecule has 0 saturated heterocycles. The van der Waals surface area contributed by atoms with Crippen molar-refractivity contribution in [3.8, 4) is 0 Å². The summed E-state index contributed by atoms with van der Waals surface area (Å²) in [6.07, 6.45) is 1.89. The van der Waals surface area contributed by atoms with Gasteiger partial charge >= 0.3 is 5.97 Å². The van der Waals surface area contributed by atoms with E-state index in [1.165, 1.54) is 0 Å². The molecule has 18 heavy (non-hydrogen) atoms. The minimum absolute atomic E-state index is 0.175. The minimum Gasteiger partial charge on any atom is -0.463 e. The molecule has 1 amide bonds. The highest BCUT2D eigenvalue weighted by molar-refractivity contribution is 6.22. The van der Waals surface area contributed by atoms with Gasteiger partial charge in [0.2, 0.25) is 5.91 Å². The lowest BCUT2D eigenvalue weighted by molar-refractivity contribution is -0.137. The molecule has 0 atom stereocenters. The molecule has 0 unspecified atom stereocenters. The average Bonchev–Trinajstić information content (AvgIpc) is 2.34. The van der Waals surface area contributed by atoms with E-state index in [1.54, 1.807) is 12.1 Å². The van der Waals surface area contributed by atoms with Crippen LogP contribution in [0.2, 0.25) is 0 Å². The summed E-state index contributed by atoms with van der Waals surface area (Å²) in [6.45, 7) is 4.08. The van der Waals surface area contributed by atoms with Crippen LogP contribution in [-0.2, 0) is 14.3 Å². The molecule has 0 radical (unpaired) electrons. The first-order chi connectivity index (χ1) is 8.56. The van der Waals surface area contributed by atoms with Crippen molar-refractivity contribution in [2.24, 2.45) is 5.73 Å². The van der Waals surface area contributed by atoms with Crippen LogP contribution in [0.25, 0.3) is 5.57 Å². The molecule has 1 aromatic carbocycles. The van der Waals surface area contributed by atoms with Crippen LogP contribution in [0.1, 0.15) is 24.5 Å². The van der Waals surface area contributed by atoms with Crippen LogP contribution in [0.3, 0.4) is 0 Å². The highest BCUT2D eigenvalue weighted by Crippen LogP contribution is 2.18. The standard InChI is InChI=1S/C14H17NO3/c1-3-8-18-13(16)9-12(14(15)17)11-7-5-4-6-10(11)2/h4-7,9H,3,8H2,1-2H3,(H2,15,17)/b12-9-. The van der Waals surface area contributed by atoms with Crippen molar-refractivity contribution in [1.29, 1.82) is 0 Å². The Labute approximate surface area is 106 Å². The number of rotatable bonds is 5. The van der Waals surface area contributed by atoms with Crippen molar-refractivity contribution in [2.45, 2.75) is 20.3 Å². The molecule has 0 saturated carbocycles. The van der Waals surface area contributed by atoms with Gasteiger partial charge in [-0.3, -0.25) is 4.79 Å². The van der Waals surface area contributed by atoms with E-state index in [-0.39, 0.29) is 5.57 Å². The predicted molar refractivity (Wildman–Crippen MR) is 69.6 cm³/mol. The predicted octanol–water partition coefficient (Wildman–Crippen LogP) is 1.82. The summed E-state index contributed by atoms with van der Waals surface area (Å²) in [4.78, 5) is 22.9. The first kappa shape index (κ1) is 14.0. The van der Waals surface area contributed by atoms with Gasteiger partial charge in [0, 0.05) is 6.08 Å². The van der Waals surface area contributed by atoms with Gasteiger partial charge in [-0.05, 0) is 24.5 Å². The van der Waals surface area contributed by atoms with E-state index in [1.807, 2.05) is 26.0 Å². The molecular formula is C14H17NO3. The molecule has 0 bridgehead atoms. The van der Waals surface area contributed by atoms with Crippen LogP contribution in [0.15, 0.2) is 30.3 Å². The van der Waals surface area contributed by atoms with Gasteiger partial charge in [-0.15, -0.1) is 0 Å². The molecule has 4 nitrogen and oxygen atoms in total. The lowest BCUT2D eigenvalue weighted by Crippen LogP contribution is -2.16. The Balaban J connectivity index is 3.04. The van der Waals surface area contributed by atoms with E-state index in [9.17, 15) is 9.59 Å². The zero-order valence-electron chi connectivity index (χ0n) is 10.6. The Morgan fingerprint density at radius 3 is 2.56 bits per heavy atom. The van der Waals surface area contributed by atoms with Crippen LogP contribution in [0, 0.1) is 6.92 Å². The number of ether oxygens (including phenoxy) is 1. The number of hydrogen-bond acceptors (Lipinski definition) is 3. The number of aryl methyl sites for hydroxylation is 1. The molecule has 0 aliphatic rings. The molecule has 0 aliphatic heterocycles. The first-order valence-electron chi connectivity index (χ1n) is 5.80. The van der Waals surface area contributed by atoms with Gasteiger partial charge in [0.1, 0.15) is 0 Å². The number of nitrogens with two attached hydrogens (primary N) is 1. The topological polar surface area (TPSA) is 69.4 Å². The third kappa shape index (κ3) is 3.73. The summed E-state index contributed by atoms with van der Waals surface area (Å²) in [5, 5.41) is 0. The van der Waals surface area contributed by atoms with Gasteiger partial charge in [0.05, 0.1) is 12.2 Å². The van der Waals surface area contributed by atoms with Crippen LogP contribution >= 0.6 is 0 Å². The molecule has 0 spiro atoms. The number of amides is 1. The van der Waals surface area contributed by atoms with Crippen LogP contribution < -0.4 is 5.73 Å². The second-order valence-corrected chi connectivity index (χ2v) is 3.90. The third-order valence-electron chi connectivity index (χ3n) is 2.41. The van der Waals surface area contributed by atoms with Gasteiger partial charge in [0.15, 0.2) is 0 Å². The Kier molecular flexibility index (Phi) is 5.11. The summed E-state index contributed by atoms with van der Waals surface area (Å²) in [6, 6.07) is 7.24. The van der Waals surface area contributed by atoms with E-state index in [4.69, 9.17) is 10.5 Å².